The molecule has 1 amide bonds. The molecule has 0 fully saturated rings. The highest BCUT2D eigenvalue weighted by molar-refractivity contribution is 7.98. The van der Waals surface area contributed by atoms with Crippen molar-refractivity contribution in [3.63, 3.8) is 0 Å². The van der Waals surface area contributed by atoms with Crippen LogP contribution in [0.1, 0.15) is 5.82 Å². The molecule has 0 saturated heterocycles. The van der Waals surface area contributed by atoms with Gasteiger partial charge < -0.3 is 9.88 Å². The van der Waals surface area contributed by atoms with Gasteiger partial charge in [-0.2, -0.15) is 0 Å². The lowest BCUT2D eigenvalue weighted by Gasteiger charge is -2.11. The van der Waals surface area contributed by atoms with Crippen molar-refractivity contribution in [3.05, 3.63) is 54.4 Å². The van der Waals surface area contributed by atoms with Gasteiger partial charge in [-0.15, -0.1) is 11.8 Å². The first-order valence-corrected chi connectivity index (χ1v) is 8.26. The molecular weight excluding hydrogens is 294 g/mol. The van der Waals surface area contributed by atoms with Crippen LogP contribution in [0.3, 0.4) is 0 Å². The van der Waals surface area contributed by atoms with Crippen LogP contribution in [-0.4, -0.2) is 21.7 Å². The molecule has 1 N–H and O–H groups in total. The number of amides is 1. The molecule has 0 bridgehead atoms. The van der Waals surface area contributed by atoms with Crippen molar-refractivity contribution in [1.29, 1.82) is 0 Å². The van der Waals surface area contributed by atoms with Crippen molar-refractivity contribution in [2.45, 2.75) is 18.4 Å². The highest BCUT2D eigenvalue weighted by atomic mass is 32.2. The summed E-state index contributed by atoms with van der Waals surface area (Å²) in [4.78, 5) is 17.9. The summed E-state index contributed by atoms with van der Waals surface area (Å²) in [7, 11) is 0. The van der Waals surface area contributed by atoms with Gasteiger partial charge in [-0.1, -0.05) is 24.3 Å². The number of hydrogen-bond donors (Lipinski definition) is 1. The monoisotopic (exact) mass is 311 g/mol. The molecule has 2 aromatic carbocycles. The van der Waals surface area contributed by atoms with E-state index in [1.165, 1.54) is 0 Å². The van der Waals surface area contributed by atoms with Crippen LogP contribution in [0.4, 0.5) is 5.69 Å². The molecule has 112 valence electrons. The van der Waals surface area contributed by atoms with E-state index in [4.69, 9.17) is 0 Å². The molecule has 0 aliphatic rings. The molecule has 1 heterocycles. The minimum absolute atomic E-state index is 0.0484. The molecule has 1 aromatic heterocycles. The Morgan fingerprint density at radius 2 is 1.91 bits per heavy atom. The van der Waals surface area contributed by atoms with Crippen LogP contribution in [0.25, 0.3) is 11.0 Å². The first kappa shape index (κ1) is 14.7. The Labute approximate surface area is 133 Å². The lowest BCUT2D eigenvalue weighted by molar-refractivity contribution is -0.116. The second kappa shape index (κ2) is 6.23. The SMILES string of the molecule is CSc1ccccc1NC(=O)Cn1c(C)nc2ccccc21. The zero-order chi connectivity index (χ0) is 15.5. The van der Waals surface area contributed by atoms with Crippen molar-refractivity contribution in [2.24, 2.45) is 0 Å². The van der Waals surface area contributed by atoms with Gasteiger partial charge in [0.2, 0.25) is 5.91 Å². The van der Waals surface area contributed by atoms with Gasteiger partial charge in [0.15, 0.2) is 0 Å². The second-order valence-corrected chi connectivity index (χ2v) is 5.83. The third kappa shape index (κ3) is 2.85. The summed E-state index contributed by atoms with van der Waals surface area (Å²) in [6.07, 6.45) is 2.00. The molecule has 0 aliphatic heterocycles. The molecule has 0 radical (unpaired) electrons. The van der Waals surface area contributed by atoms with Crippen molar-refractivity contribution in [3.8, 4) is 0 Å². The molecule has 0 aliphatic carbocycles. The largest absolute Gasteiger partial charge is 0.324 e. The minimum atomic E-state index is -0.0484. The highest BCUT2D eigenvalue weighted by Gasteiger charge is 2.11. The maximum atomic E-state index is 12.4. The van der Waals surface area contributed by atoms with Crippen LogP contribution in [0, 0.1) is 6.92 Å². The first-order valence-electron chi connectivity index (χ1n) is 7.04. The summed E-state index contributed by atoms with van der Waals surface area (Å²) in [6.45, 7) is 2.18. The predicted octanol–water partition coefficient (Wildman–Crippen LogP) is 3.71. The number of rotatable bonds is 4. The number of nitrogens with zero attached hydrogens (tertiary/aromatic N) is 2. The fourth-order valence-electron chi connectivity index (χ4n) is 2.48. The molecule has 0 spiro atoms. The van der Waals surface area contributed by atoms with Gasteiger partial charge in [0.1, 0.15) is 12.4 Å². The molecule has 0 atom stereocenters. The van der Waals surface area contributed by atoms with E-state index in [-0.39, 0.29) is 12.5 Å². The van der Waals surface area contributed by atoms with E-state index in [2.05, 4.69) is 10.3 Å². The third-order valence-electron chi connectivity index (χ3n) is 3.53. The number of aromatic nitrogens is 2. The van der Waals surface area contributed by atoms with E-state index >= 15 is 0 Å². The van der Waals surface area contributed by atoms with Crippen LogP contribution in [0.2, 0.25) is 0 Å². The Morgan fingerprint density at radius 1 is 1.18 bits per heavy atom. The summed E-state index contributed by atoms with van der Waals surface area (Å²) in [6, 6.07) is 15.7. The summed E-state index contributed by atoms with van der Waals surface area (Å²) in [5.74, 6) is 0.794. The third-order valence-corrected chi connectivity index (χ3v) is 4.32. The van der Waals surface area contributed by atoms with Crippen LogP contribution < -0.4 is 5.32 Å². The van der Waals surface area contributed by atoms with Gasteiger partial charge in [0.25, 0.3) is 0 Å². The standard InChI is InChI=1S/C17H17N3OS/c1-12-18-13-7-3-5-9-15(13)20(12)11-17(21)19-14-8-4-6-10-16(14)22-2/h3-10H,11H2,1-2H3,(H,19,21). The summed E-state index contributed by atoms with van der Waals surface area (Å²) < 4.78 is 1.94. The number of thioether (sulfide) groups is 1. The fourth-order valence-corrected chi connectivity index (χ4v) is 3.03. The number of carbonyl (C=O) groups is 1. The van der Waals surface area contributed by atoms with E-state index in [0.717, 1.165) is 27.4 Å². The number of fused-ring (bicyclic) bond motifs is 1. The Hall–Kier alpha value is -2.27. The normalized spacial score (nSPS) is 10.8. The summed E-state index contributed by atoms with van der Waals surface area (Å²) in [5, 5.41) is 2.98. The van der Waals surface area contributed by atoms with Crippen LogP contribution in [-0.2, 0) is 11.3 Å². The number of imidazole rings is 1. The number of benzene rings is 2. The molecule has 0 unspecified atom stereocenters. The second-order valence-electron chi connectivity index (χ2n) is 4.98. The Morgan fingerprint density at radius 3 is 2.73 bits per heavy atom. The zero-order valence-electron chi connectivity index (χ0n) is 12.5. The number of hydrogen-bond acceptors (Lipinski definition) is 3. The summed E-state index contributed by atoms with van der Waals surface area (Å²) >= 11 is 1.62. The molecular formula is C17H17N3OS. The number of anilines is 1. The van der Waals surface area contributed by atoms with Gasteiger partial charge in [-0.05, 0) is 37.4 Å². The molecule has 3 aromatic rings. The Bertz CT molecular complexity index is 826. The van der Waals surface area contributed by atoms with E-state index in [1.807, 2.05) is 66.3 Å². The lowest BCUT2D eigenvalue weighted by Crippen LogP contribution is -2.19. The van der Waals surface area contributed by atoms with E-state index in [9.17, 15) is 4.79 Å². The van der Waals surface area contributed by atoms with Gasteiger partial charge >= 0.3 is 0 Å². The van der Waals surface area contributed by atoms with Gasteiger partial charge in [-0.3, -0.25) is 4.79 Å². The predicted molar refractivity (Wildman–Crippen MR) is 91.3 cm³/mol. The van der Waals surface area contributed by atoms with Crippen LogP contribution >= 0.6 is 11.8 Å². The number of nitrogens with one attached hydrogen (secondary N) is 1. The maximum Gasteiger partial charge on any atom is 0.244 e. The maximum absolute atomic E-state index is 12.4. The van der Waals surface area contributed by atoms with Crippen LogP contribution in [0.5, 0.6) is 0 Å². The van der Waals surface area contributed by atoms with Crippen molar-refractivity contribution in [2.75, 3.05) is 11.6 Å². The number of carbonyl (C=O) groups excluding carboxylic acids is 1. The highest BCUT2D eigenvalue weighted by Crippen LogP contribution is 2.24. The topological polar surface area (TPSA) is 46.9 Å². The minimum Gasteiger partial charge on any atom is -0.324 e. The lowest BCUT2D eigenvalue weighted by atomic mass is 10.3. The van der Waals surface area contributed by atoms with E-state index in [1.54, 1.807) is 11.8 Å². The Kier molecular flexibility index (Phi) is 4.15. The average molecular weight is 311 g/mol. The quantitative estimate of drug-likeness (QED) is 0.747. The summed E-state index contributed by atoms with van der Waals surface area (Å²) in [5.41, 5.74) is 2.74. The molecule has 22 heavy (non-hydrogen) atoms. The fraction of sp³-hybridized carbons (Fsp3) is 0.176. The first-order chi connectivity index (χ1) is 10.7. The average Bonchev–Trinajstić information content (AvgIpc) is 2.84. The number of aryl methyl sites for hydroxylation is 1. The van der Waals surface area contributed by atoms with Crippen molar-refractivity contribution >= 4 is 34.4 Å². The molecule has 5 heteroatoms. The van der Waals surface area contributed by atoms with Crippen molar-refractivity contribution < 1.29 is 4.79 Å². The Balaban J connectivity index is 1.83. The van der Waals surface area contributed by atoms with Crippen molar-refractivity contribution in [1.82, 2.24) is 9.55 Å². The van der Waals surface area contributed by atoms with E-state index in [0.29, 0.717) is 0 Å². The molecule has 3 rings (SSSR count). The van der Waals surface area contributed by atoms with Crippen LogP contribution in [0.15, 0.2) is 53.4 Å². The van der Waals surface area contributed by atoms with Gasteiger partial charge in [-0.25, -0.2) is 4.98 Å². The van der Waals surface area contributed by atoms with Gasteiger partial charge in [0.05, 0.1) is 16.7 Å². The van der Waals surface area contributed by atoms with Gasteiger partial charge in [0, 0.05) is 4.90 Å². The number of para-hydroxylation sites is 3. The zero-order valence-corrected chi connectivity index (χ0v) is 13.4. The molecule has 4 nitrogen and oxygen atoms in total. The molecule has 0 saturated carbocycles. The van der Waals surface area contributed by atoms with E-state index < -0.39 is 0 Å². The smallest absolute Gasteiger partial charge is 0.244 e.